The molecule has 42 heavy (non-hydrogen) atoms. The normalized spacial score (nSPS) is 11.0. The summed E-state index contributed by atoms with van der Waals surface area (Å²) in [6.45, 7) is 10.7. The molecule has 3 aromatic rings. The van der Waals surface area contributed by atoms with Crippen molar-refractivity contribution in [3.63, 3.8) is 0 Å². The van der Waals surface area contributed by atoms with Crippen molar-refractivity contribution < 1.29 is 22.7 Å². The summed E-state index contributed by atoms with van der Waals surface area (Å²) in [6, 6.07) is 4.79. The van der Waals surface area contributed by atoms with Crippen molar-refractivity contribution in [2.45, 2.75) is 50.2 Å². The lowest BCUT2D eigenvalue weighted by Gasteiger charge is -2.20. The Kier molecular flexibility index (Phi) is 13.2. The highest BCUT2D eigenvalue weighted by Gasteiger charge is 2.23. The Balaban J connectivity index is 0.000000330. The van der Waals surface area contributed by atoms with E-state index in [9.17, 15) is 13.2 Å². The summed E-state index contributed by atoms with van der Waals surface area (Å²) in [5.41, 5.74) is -0.0550. The number of nitrogens with zero attached hydrogens (tertiary/aromatic N) is 6. The summed E-state index contributed by atoms with van der Waals surface area (Å²) in [5.74, 6) is 1.62. The van der Waals surface area contributed by atoms with Gasteiger partial charge in [0.2, 0.25) is 17.8 Å². The molecule has 2 aromatic heterocycles. The number of sulfonamides is 1. The van der Waals surface area contributed by atoms with Gasteiger partial charge in [0.1, 0.15) is 23.1 Å². The van der Waals surface area contributed by atoms with Crippen molar-refractivity contribution in [2.24, 2.45) is 0 Å². The number of alkyl halides is 1. The standard InChI is InChI=1S/C14H16ClN5O5S.C10H19N5S/c1-9-16-12(19-14(17-9)24-2)18-13(21)20-26(22,23)11-6-4-3-5-10(11)25-8-7-15;1-6-11-7-12-8(15-10(2,3)4)14-9(13-7)16-5/h3-6H,7-8H2,1-2H3,(H2,16,17,18,19,20,21);6H2,1-5H3,(H2,11,12,13,14,15). The van der Waals surface area contributed by atoms with E-state index >= 15 is 0 Å². The second-order valence-corrected chi connectivity index (χ2v) is 11.9. The zero-order chi connectivity index (χ0) is 31.3. The molecule has 3 rings (SSSR count). The minimum Gasteiger partial charge on any atom is -0.491 e. The average molecular weight is 643 g/mol. The van der Waals surface area contributed by atoms with Gasteiger partial charge in [-0.15, -0.1) is 11.6 Å². The fourth-order valence-corrected chi connectivity index (χ4v) is 4.41. The third kappa shape index (κ3) is 11.7. The Hall–Kier alpha value is -3.70. The fraction of sp³-hybridized carbons (Fsp3) is 0.458. The lowest BCUT2D eigenvalue weighted by molar-refractivity contribution is 0.256. The molecule has 18 heteroatoms. The number of amides is 2. The monoisotopic (exact) mass is 642 g/mol. The predicted molar refractivity (Wildman–Crippen MR) is 162 cm³/mol. The Bertz CT molecular complexity index is 1440. The number of hydrogen-bond acceptors (Lipinski definition) is 14. The first-order chi connectivity index (χ1) is 19.8. The van der Waals surface area contributed by atoms with Crippen LogP contribution in [0.3, 0.4) is 0 Å². The van der Waals surface area contributed by atoms with Crippen LogP contribution in [0.5, 0.6) is 11.8 Å². The summed E-state index contributed by atoms with van der Waals surface area (Å²) in [7, 11) is -2.85. The minimum absolute atomic E-state index is 0.0181. The largest absolute Gasteiger partial charge is 0.491 e. The molecule has 0 saturated heterocycles. The highest BCUT2D eigenvalue weighted by Crippen LogP contribution is 2.23. The molecule has 0 radical (unpaired) electrons. The van der Waals surface area contributed by atoms with Gasteiger partial charge in [-0.25, -0.2) is 17.9 Å². The smallest absolute Gasteiger partial charge is 0.335 e. The van der Waals surface area contributed by atoms with Crippen molar-refractivity contribution in [1.29, 1.82) is 0 Å². The van der Waals surface area contributed by atoms with Crippen LogP contribution in [0, 0.1) is 6.92 Å². The maximum absolute atomic E-state index is 12.4. The molecule has 4 N–H and O–H groups in total. The maximum atomic E-state index is 12.4. The molecule has 0 aliphatic heterocycles. The average Bonchev–Trinajstić information content (AvgIpc) is 2.90. The van der Waals surface area contributed by atoms with Crippen LogP contribution in [0.2, 0.25) is 0 Å². The van der Waals surface area contributed by atoms with Crippen LogP contribution in [0.4, 0.5) is 22.6 Å². The van der Waals surface area contributed by atoms with Gasteiger partial charge in [0.25, 0.3) is 10.0 Å². The summed E-state index contributed by atoms with van der Waals surface area (Å²) >= 11 is 7.05. The molecule has 0 saturated carbocycles. The van der Waals surface area contributed by atoms with Crippen LogP contribution < -0.4 is 30.1 Å². The zero-order valence-corrected chi connectivity index (χ0v) is 26.7. The number of thioether (sulfide) groups is 1. The topological polar surface area (TPSA) is 195 Å². The summed E-state index contributed by atoms with van der Waals surface area (Å²) in [5, 5.41) is 9.26. The quantitative estimate of drug-likeness (QED) is 0.175. The summed E-state index contributed by atoms with van der Waals surface area (Å²) in [4.78, 5) is 36.2. The van der Waals surface area contributed by atoms with Crippen LogP contribution in [-0.4, -0.2) is 82.3 Å². The minimum atomic E-state index is -4.20. The molecular formula is C24H35ClN10O5S2. The second kappa shape index (κ2) is 16.1. The highest BCUT2D eigenvalue weighted by molar-refractivity contribution is 7.98. The van der Waals surface area contributed by atoms with Crippen LogP contribution in [0.15, 0.2) is 34.3 Å². The van der Waals surface area contributed by atoms with E-state index in [1.165, 1.54) is 37.1 Å². The van der Waals surface area contributed by atoms with E-state index in [1.807, 2.05) is 17.9 Å². The molecule has 0 atom stereocenters. The van der Waals surface area contributed by atoms with Crippen molar-refractivity contribution in [3.8, 4) is 11.8 Å². The number of hydrogen-bond donors (Lipinski definition) is 4. The molecule has 2 amide bonds. The number of rotatable bonds is 11. The number of aromatic nitrogens is 6. The SMILES string of the molecule is CCNc1nc(NC(C)(C)C)nc(SC)n1.COc1nc(C)nc(NC(=O)NS(=O)(=O)c2ccccc2OCCCl)n1. The molecule has 15 nitrogen and oxygen atoms in total. The summed E-state index contributed by atoms with van der Waals surface area (Å²) in [6.07, 6.45) is 1.95. The van der Waals surface area contributed by atoms with Crippen molar-refractivity contribution in [2.75, 3.05) is 48.3 Å². The van der Waals surface area contributed by atoms with Crippen molar-refractivity contribution >= 4 is 57.3 Å². The van der Waals surface area contributed by atoms with E-state index in [-0.39, 0.29) is 46.5 Å². The fourth-order valence-electron chi connectivity index (χ4n) is 2.92. The van der Waals surface area contributed by atoms with Gasteiger partial charge in [0.15, 0.2) is 5.16 Å². The van der Waals surface area contributed by atoms with Crippen LogP contribution >= 0.6 is 23.4 Å². The number of carbonyl (C=O) groups excluding carboxylic acids is 1. The molecule has 0 spiro atoms. The first kappa shape index (κ1) is 34.5. The number of halogens is 1. The van der Waals surface area contributed by atoms with Crippen LogP contribution in [0.1, 0.15) is 33.5 Å². The van der Waals surface area contributed by atoms with Crippen molar-refractivity contribution in [3.05, 3.63) is 30.1 Å². The molecule has 1 aromatic carbocycles. The number of benzene rings is 1. The lowest BCUT2D eigenvalue weighted by atomic mass is 10.1. The first-order valence-electron chi connectivity index (χ1n) is 12.5. The van der Waals surface area contributed by atoms with E-state index in [1.54, 1.807) is 13.0 Å². The molecule has 230 valence electrons. The van der Waals surface area contributed by atoms with Gasteiger partial charge in [-0.2, -0.15) is 29.9 Å². The number of methoxy groups -OCH3 is 1. The molecule has 0 bridgehead atoms. The maximum Gasteiger partial charge on any atom is 0.335 e. The second-order valence-electron chi connectivity index (χ2n) is 9.11. The predicted octanol–water partition coefficient (Wildman–Crippen LogP) is 3.55. The highest BCUT2D eigenvalue weighted by atomic mass is 35.5. The van der Waals surface area contributed by atoms with E-state index < -0.39 is 16.1 Å². The first-order valence-corrected chi connectivity index (χ1v) is 15.7. The molecule has 0 fully saturated rings. The Morgan fingerprint density at radius 3 is 2.33 bits per heavy atom. The van der Waals surface area contributed by atoms with E-state index in [0.29, 0.717) is 11.9 Å². The molecule has 0 unspecified atom stereocenters. The van der Waals surface area contributed by atoms with Gasteiger partial charge in [-0.1, -0.05) is 23.9 Å². The number of ether oxygens (including phenoxy) is 2. The summed E-state index contributed by atoms with van der Waals surface area (Å²) < 4.78 is 36.9. The van der Waals surface area contributed by atoms with Gasteiger partial charge < -0.3 is 20.1 Å². The number of urea groups is 1. The number of aryl methyl sites for hydroxylation is 1. The van der Waals surface area contributed by atoms with Crippen molar-refractivity contribution in [1.82, 2.24) is 34.6 Å². The number of carbonyl (C=O) groups is 1. The molecule has 0 aliphatic carbocycles. The van der Waals surface area contributed by atoms with Gasteiger partial charge in [0, 0.05) is 12.1 Å². The Morgan fingerprint density at radius 2 is 1.71 bits per heavy atom. The van der Waals surface area contributed by atoms with Gasteiger partial charge >= 0.3 is 12.0 Å². The van der Waals surface area contributed by atoms with Gasteiger partial charge in [0.05, 0.1) is 13.0 Å². The van der Waals surface area contributed by atoms with Crippen LogP contribution in [-0.2, 0) is 10.0 Å². The Morgan fingerprint density at radius 1 is 1.02 bits per heavy atom. The van der Waals surface area contributed by atoms with Crippen LogP contribution in [0.25, 0.3) is 0 Å². The third-order valence-electron chi connectivity index (χ3n) is 4.45. The van der Waals surface area contributed by atoms with Gasteiger partial charge in [-0.3, -0.25) is 5.32 Å². The van der Waals surface area contributed by atoms with E-state index in [4.69, 9.17) is 21.1 Å². The van der Waals surface area contributed by atoms with E-state index in [2.05, 4.69) is 66.6 Å². The number of nitrogens with one attached hydrogen (secondary N) is 4. The Labute approximate surface area is 254 Å². The third-order valence-corrected chi connectivity index (χ3v) is 6.53. The molecular weight excluding hydrogens is 608 g/mol. The van der Waals surface area contributed by atoms with Gasteiger partial charge in [-0.05, 0) is 53.0 Å². The lowest BCUT2D eigenvalue weighted by Crippen LogP contribution is -2.35. The zero-order valence-electron chi connectivity index (χ0n) is 24.3. The molecule has 0 aliphatic rings. The number of para-hydroxylation sites is 1. The van der Waals surface area contributed by atoms with E-state index in [0.717, 1.165) is 11.7 Å². The molecule has 2 heterocycles. The number of anilines is 3.